The summed E-state index contributed by atoms with van der Waals surface area (Å²) < 4.78 is 3.35. The van der Waals surface area contributed by atoms with Gasteiger partial charge in [0.15, 0.2) is 0 Å². The maximum atomic E-state index is 12.7. The van der Waals surface area contributed by atoms with E-state index in [-0.39, 0.29) is 17.5 Å². The first-order chi connectivity index (χ1) is 14.6. The molecule has 0 bridgehead atoms. The standard InChI is InChI=1S/C25H25N3O2/c1-27-22-14-8-9-15-23(22)28(25(27)30)17-16-26-24(29)18-21(19-10-4-2-5-11-19)20-12-6-3-7-13-20/h2-15,21H,16-18H2,1H3,(H,26,29). The fourth-order valence-electron chi connectivity index (χ4n) is 3.94. The van der Waals surface area contributed by atoms with Gasteiger partial charge in [-0.25, -0.2) is 4.79 Å². The first-order valence-electron chi connectivity index (χ1n) is 10.2. The van der Waals surface area contributed by atoms with Crippen LogP contribution in [0.5, 0.6) is 0 Å². The zero-order chi connectivity index (χ0) is 20.9. The smallest absolute Gasteiger partial charge is 0.328 e. The number of carbonyl (C=O) groups is 1. The molecule has 152 valence electrons. The first-order valence-corrected chi connectivity index (χ1v) is 10.2. The molecule has 4 rings (SSSR count). The molecule has 5 heteroatoms. The summed E-state index contributed by atoms with van der Waals surface area (Å²) in [6.45, 7) is 0.844. The molecule has 0 unspecified atom stereocenters. The maximum absolute atomic E-state index is 12.7. The summed E-state index contributed by atoms with van der Waals surface area (Å²) in [5.41, 5.74) is 3.93. The first kappa shape index (κ1) is 19.7. The van der Waals surface area contributed by atoms with Crippen LogP contribution < -0.4 is 11.0 Å². The number of nitrogens with zero attached hydrogens (tertiary/aromatic N) is 2. The van der Waals surface area contributed by atoms with Crippen molar-refractivity contribution in [3.63, 3.8) is 0 Å². The number of nitrogens with one attached hydrogen (secondary N) is 1. The Morgan fingerprint density at radius 2 is 1.37 bits per heavy atom. The summed E-state index contributed by atoms with van der Waals surface area (Å²) in [4.78, 5) is 25.3. The van der Waals surface area contributed by atoms with Gasteiger partial charge in [0.2, 0.25) is 5.91 Å². The third kappa shape index (κ3) is 4.06. The Morgan fingerprint density at radius 3 is 1.97 bits per heavy atom. The van der Waals surface area contributed by atoms with Gasteiger partial charge in [-0.3, -0.25) is 13.9 Å². The second kappa shape index (κ2) is 8.82. The Balaban J connectivity index is 1.45. The summed E-state index contributed by atoms with van der Waals surface area (Å²) in [7, 11) is 1.77. The Morgan fingerprint density at radius 1 is 0.833 bits per heavy atom. The molecule has 0 atom stereocenters. The second-order valence-electron chi connectivity index (χ2n) is 7.41. The van der Waals surface area contributed by atoms with Crippen LogP contribution in [0.3, 0.4) is 0 Å². The van der Waals surface area contributed by atoms with Crippen LogP contribution in [-0.2, 0) is 18.4 Å². The summed E-state index contributed by atoms with van der Waals surface area (Å²) in [5, 5.41) is 2.99. The fraction of sp³-hybridized carbons (Fsp3) is 0.200. The number of aryl methyl sites for hydroxylation is 1. The number of para-hydroxylation sites is 2. The maximum Gasteiger partial charge on any atom is 0.328 e. The normalized spacial score (nSPS) is 11.1. The third-order valence-corrected chi connectivity index (χ3v) is 5.50. The molecule has 5 nitrogen and oxygen atoms in total. The van der Waals surface area contributed by atoms with Crippen molar-refractivity contribution in [2.45, 2.75) is 18.9 Å². The number of carbonyl (C=O) groups excluding carboxylic acids is 1. The van der Waals surface area contributed by atoms with E-state index in [1.807, 2.05) is 60.7 Å². The Labute approximate surface area is 175 Å². The minimum Gasteiger partial charge on any atom is -0.354 e. The van der Waals surface area contributed by atoms with Crippen LogP contribution in [-0.4, -0.2) is 21.6 Å². The summed E-state index contributed by atoms with van der Waals surface area (Å²) in [6.07, 6.45) is 0.360. The van der Waals surface area contributed by atoms with E-state index < -0.39 is 0 Å². The van der Waals surface area contributed by atoms with Gasteiger partial charge in [0, 0.05) is 32.5 Å². The van der Waals surface area contributed by atoms with Crippen LogP contribution in [0, 0.1) is 0 Å². The lowest BCUT2D eigenvalue weighted by Gasteiger charge is -2.18. The molecule has 0 spiro atoms. The molecule has 3 aromatic carbocycles. The van der Waals surface area contributed by atoms with Gasteiger partial charge >= 0.3 is 5.69 Å². The average Bonchev–Trinajstić information content (AvgIpc) is 3.04. The van der Waals surface area contributed by atoms with E-state index in [9.17, 15) is 9.59 Å². The van der Waals surface area contributed by atoms with Gasteiger partial charge in [-0.05, 0) is 23.3 Å². The van der Waals surface area contributed by atoms with E-state index in [1.165, 1.54) is 0 Å². The molecule has 0 aliphatic carbocycles. The number of hydrogen-bond acceptors (Lipinski definition) is 2. The number of aromatic nitrogens is 2. The van der Waals surface area contributed by atoms with Crippen molar-refractivity contribution in [3.8, 4) is 0 Å². The minimum absolute atomic E-state index is 0.00678. The van der Waals surface area contributed by atoms with E-state index in [4.69, 9.17) is 0 Å². The van der Waals surface area contributed by atoms with Crippen LogP contribution in [0.4, 0.5) is 0 Å². The molecule has 1 aromatic heterocycles. The molecular formula is C25H25N3O2. The SMILES string of the molecule is Cn1c(=O)n(CCNC(=O)CC(c2ccccc2)c2ccccc2)c2ccccc21. The number of amides is 1. The van der Waals surface area contributed by atoms with E-state index in [0.717, 1.165) is 22.2 Å². The highest BCUT2D eigenvalue weighted by atomic mass is 16.2. The summed E-state index contributed by atoms with van der Waals surface area (Å²) in [6, 6.07) is 27.9. The van der Waals surface area contributed by atoms with Crippen LogP contribution in [0.2, 0.25) is 0 Å². The van der Waals surface area contributed by atoms with Crippen molar-refractivity contribution >= 4 is 16.9 Å². The molecule has 0 saturated heterocycles. The summed E-state index contributed by atoms with van der Waals surface area (Å²) in [5.74, 6) is -0.0336. The van der Waals surface area contributed by atoms with Crippen molar-refractivity contribution in [1.29, 1.82) is 0 Å². The van der Waals surface area contributed by atoms with E-state index >= 15 is 0 Å². The van der Waals surface area contributed by atoms with Crippen LogP contribution in [0.1, 0.15) is 23.5 Å². The van der Waals surface area contributed by atoms with Gasteiger partial charge in [0.05, 0.1) is 11.0 Å². The lowest BCUT2D eigenvalue weighted by atomic mass is 9.88. The highest BCUT2D eigenvalue weighted by Gasteiger charge is 2.18. The van der Waals surface area contributed by atoms with Gasteiger partial charge in [-0.2, -0.15) is 0 Å². The fourth-order valence-corrected chi connectivity index (χ4v) is 3.94. The number of fused-ring (bicyclic) bond motifs is 1. The van der Waals surface area contributed by atoms with Crippen molar-refractivity contribution in [2.75, 3.05) is 6.54 Å². The minimum atomic E-state index is -0.0723. The van der Waals surface area contributed by atoms with Crippen LogP contribution in [0.15, 0.2) is 89.7 Å². The molecule has 1 amide bonds. The summed E-state index contributed by atoms with van der Waals surface area (Å²) >= 11 is 0. The van der Waals surface area contributed by atoms with Crippen molar-refractivity contribution < 1.29 is 4.79 Å². The lowest BCUT2D eigenvalue weighted by molar-refractivity contribution is -0.121. The highest BCUT2D eigenvalue weighted by molar-refractivity contribution is 5.78. The zero-order valence-electron chi connectivity index (χ0n) is 17.0. The molecule has 4 aromatic rings. The lowest BCUT2D eigenvalue weighted by Crippen LogP contribution is -2.32. The monoisotopic (exact) mass is 399 g/mol. The zero-order valence-corrected chi connectivity index (χ0v) is 17.0. The van der Waals surface area contributed by atoms with Crippen LogP contribution >= 0.6 is 0 Å². The Kier molecular flexibility index (Phi) is 5.80. The third-order valence-electron chi connectivity index (χ3n) is 5.50. The number of benzene rings is 3. The number of imidazole rings is 1. The molecular weight excluding hydrogens is 374 g/mol. The van der Waals surface area contributed by atoms with E-state index in [0.29, 0.717) is 19.5 Å². The number of rotatable bonds is 7. The van der Waals surface area contributed by atoms with E-state index in [2.05, 4.69) is 29.6 Å². The van der Waals surface area contributed by atoms with Gasteiger partial charge in [0.25, 0.3) is 0 Å². The molecule has 0 saturated carbocycles. The second-order valence-corrected chi connectivity index (χ2v) is 7.41. The highest BCUT2D eigenvalue weighted by Crippen LogP contribution is 2.27. The Hall–Kier alpha value is -3.60. The molecule has 0 aliphatic heterocycles. The molecule has 0 fully saturated rings. The van der Waals surface area contributed by atoms with Gasteiger partial charge in [0.1, 0.15) is 0 Å². The predicted octanol–water partition coefficient (Wildman–Crippen LogP) is 3.68. The predicted molar refractivity (Wildman–Crippen MR) is 120 cm³/mol. The Bertz CT molecular complexity index is 1150. The topological polar surface area (TPSA) is 56.0 Å². The molecule has 1 heterocycles. The number of hydrogen-bond donors (Lipinski definition) is 1. The van der Waals surface area contributed by atoms with Gasteiger partial charge in [-0.15, -0.1) is 0 Å². The average molecular weight is 399 g/mol. The van der Waals surface area contributed by atoms with Crippen LogP contribution in [0.25, 0.3) is 11.0 Å². The molecule has 1 N–H and O–H groups in total. The molecule has 0 aliphatic rings. The quantitative estimate of drug-likeness (QED) is 0.515. The van der Waals surface area contributed by atoms with Crippen molar-refractivity contribution in [1.82, 2.24) is 14.5 Å². The van der Waals surface area contributed by atoms with Gasteiger partial charge < -0.3 is 5.32 Å². The molecule has 30 heavy (non-hydrogen) atoms. The molecule has 0 radical (unpaired) electrons. The van der Waals surface area contributed by atoms with Crippen molar-refractivity contribution in [3.05, 3.63) is 107 Å². The van der Waals surface area contributed by atoms with Gasteiger partial charge in [-0.1, -0.05) is 72.8 Å². The van der Waals surface area contributed by atoms with E-state index in [1.54, 1.807) is 16.2 Å². The van der Waals surface area contributed by atoms with Crippen molar-refractivity contribution in [2.24, 2.45) is 7.05 Å². The largest absolute Gasteiger partial charge is 0.354 e.